The Morgan fingerprint density at radius 3 is 2.04 bits per heavy atom. The van der Waals surface area contributed by atoms with Crippen LogP contribution in [0.2, 0.25) is 0 Å². The van der Waals surface area contributed by atoms with Crippen molar-refractivity contribution in [3.05, 3.63) is 101 Å². The molecule has 0 N–H and O–H groups in total. The van der Waals surface area contributed by atoms with Gasteiger partial charge in [-0.3, -0.25) is 14.7 Å². The highest BCUT2D eigenvalue weighted by atomic mass is 16.2. The smallest absolute Gasteiger partial charge is 0.266 e. The van der Waals surface area contributed by atoms with Crippen molar-refractivity contribution in [3.63, 3.8) is 0 Å². The zero-order valence-corrected chi connectivity index (χ0v) is 15.3. The lowest BCUT2D eigenvalue weighted by atomic mass is 10.1. The highest BCUT2D eigenvalue weighted by molar-refractivity contribution is 6.33. The van der Waals surface area contributed by atoms with E-state index >= 15 is 0 Å². The number of pyridine rings is 1. The molecule has 0 spiro atoms. The summed E-state index contributed by atoms with van der Waals surface area (Å²) in [4.78, 5) is 23.5. The van der Waals surface area contributed by atoms with Crippen molar-refractivity contribution < 1.29 is 4.79 Å². The number of hydrogen-bond donors (Lipinski definition) is 0. The van der Waals surface area contributed by atoms with Gasteiger partial charge in [0.05, 0.1) is 5.69 Å². The quantitative estimate of drug-likeness (QED) is 0.649. The number of rotatable bonds is 3. The Balaban J connectivity index is 1.82. The Hall–Kier alpha value is -3.53. The molecular weight excluding hydrogens is 334 g/mol. The average Bonchev–Trinajstić information content (AvgIpc) is 3.00. The monoisotopic (exact) mass is 353 g/mol. The number of hydrogen-bond acceptors (Lipinski definition) is 3. The van der Waals surface area contributed by atoms with Crippen LogP contribution >= 0.6 is 0 Å². The molecule has 0 saturated heterocycles. The molecule has 1 aromatic heterocycles. The molecule has 0 saturated carbocycles. The molecule has 1 amide bonds. The van der Waals surface area contributed by atoms with Crippen molar-refractivity contribution in [2.24, 2.45) is 4.99 Å². The molecule has 0 unspecified atom stereocenters. The molecule has 0 atom stereocenters. The van der Waals surface area contributed by atoms with Gasteiger partial charge in [-0.2, -0.15) is 0 Å². The maximum atomic E-state index is 13.2. The first-order chi connectivity index (χ1) is 13.1. The molecule has 1 aliphatic heterocycles. The lowest BCUT2D eigenvalue weighted by Gasteiger charge is -2.19. The van der Waals surface area contributed by atoms with E-state index in [1.165, 1.54) is 0 Å². The van der Waals surface area contributed by atoms with Crippen LogP contribution in [0.25, 0.3) is 6.08 Å². The zero-order chi connectivity index (χ0) is 18.8. The highest BCUT2D eigenvalue weighted by Crippen LogP contribution is 2.28. The van der Waals surface area contributed by atoms with Crippen molar-refractivity contribution in [1.82, 2.24) is 4.98 Å². The van der Waals surface area contributed by atoms with Crippen LogP contribution in [0.3, 0.4) is 0 Å². The summed E-state index contributed by atoms with van der Waals surface area (Å²) in [6.07, 6.45) is 5.20. The van der Waals surface area contributed by atoms with Crippen molar-refractivity contribution in [2.45, 2.75) is 13.8 Å². The molecule has 1 aliphatic rings. The highest BCUT2D eigenvalue weighted by Gasteiger charge is 2.32. The number of carbonyl (C=O) groups is 1. The van der Waals surface area contributed by atoms with E-state index < -0.39 is 0 Å². The van der Waals surface area contributed by atoms with Crippen LogP contribution in [-0.2, 0) is 4.79 Å². The molecule has 2 aromatic carbocycles. The Kier molecular flexibility index (Phi) is 4.38. The SMILES string of the molecule is Cc1ccc(C2=N/C(=C/c3ccncc3)C(=O)N2c2ccc(C)cc2)cc1. The van der Waals surface area contributed by atoms with Gasteiger partial charge < -0.3 is 0 Å². The summed E-state index contributed by atoms with van der Waals surface area (Å²) in [5.74, 6) is 0.510. The maximum Gasteiger partial charge on any atom is 0.282 e. The van der Waals surface area contributed by atoms with Crippen LogP contribution in [0.1, 0.15) is 22.3 Å². The van der Waals surface area contributed by atoms with E-state index in [0.29, 0.717) is 11.5 Å². The van der Waals surface area contributed by atoms with E-state index in [-0.39, 0.29) is 5.91 Å². The lowest BCUT2D eigenvalue weighted by Crippen LogP contribution is -2.32. The van der Waals surface area contributed by atoms with Gasteiger partial charge in [0, 0.05) is 18.0 Å². The fourth-order valence-corrected chi connectivity index (χ4v) is 2.96. The van der Waals surface area contributed by atoms with Gasteiger partial charge >= 0.3 is 0 Å². The first-order valence-electron chi connectivity index (χ1n) is 8.80. The summed E-state index contributed by atoms with van der Waals surface area (Å²) in [7, 11) is 0. The minimum absolute atomic E-state index is 0.133. The summed E-state index contributed by atoms with van der Waals surface area (Å²) in [5, 5.41) is 0. The van der Waals surface area contributed by atoms with E-state index in [0.717, 1.165) is 27.9 Å². The van der Waals surface area contributed by atoms with E-state index in [1.807, 2.05) is 74.5 Å². The first kappa shape index (κ1) is 16.9. The molecule has 4 nitrogen and oxygen atoms in total. The third-order valence-electron chi connectivity index (χ3n) is 4.47. The minimum atomic E-state index is -0.133. The van der Waals surface area contributed by atoms with E-state index in [9.17, 15) is 4.79 Å². The lowest BCUT2D eigenvalue weighted by molar-refractivity contribution is -0.113. The van der Waals surface area contributed by atoms with Gasteiger partial charge in [0.25, 0.3) is 5.91 Å². The molecule has 0 fully saturated rings. The van der Waals surface area contributed by atoms with E-state index in [4.69, 9.17) is 0 Å². The first-order valence-corrected chi connectivity index (χ1v) is 8.80. The van der Waals surface area contributed by atoms with E-state index in [1.54, 1.807) is 23.4 Å². The second-order valence-corrected chi connectivity index (χ2v) is 6.59. The predicted molar refractivity (Wildman–Crippen MR) is 109 cm³/mol. The molecule has 0 bridgehead atoms. The molecule has 132 valence electrons. The zero-order valence-electron chi connectivity index (χ0n) is 15.3. The van der Waals surface area contributed by atoms with Crippen LogP contribution in [0.15, 0.2) is 83.7 Å². The molecule has 0 radical (unpaired) electrons. The summed E-state index contributed by atoms with van der Waals surface area (Å²) in [5.41, 5.74) is 5.34. The van der Waals surface area contributed by atoms with Crippen LogP contribution < -0.4 is 4.90 Å². The number of aryl methyl sites for hydroxylation is 2. The van der Waals surface area contributed by atoms with Gasteiger partial charge in [0.15, 0.2) is 0 Å². The second kappa shape index (κ2) is 7.00. The van der Waals surface area contributed by atoms with Crippen LogP contribution in [0.4, 0.5) is 5.69 Å². The van der Waals surface area contributed by atoms with E-state index in [2.05, 4.69) is 9.98 Å². The molecule has 2 heterocycles. The molecular formula is C23H19N3O. The van der Waals surface area contributed by atoms with Crippen LogP contribution in [-0.4, -0.2) is 16.7 Å². The fourth-order valence-electron chi connectivity index (χ4n) is 2.96. The van der Waals surface area contributed by atoms with Gasteiger partial charge in [0.2, 0.25) is 0 Å². The fraction of sp³-hybridized carbons (Fsp3) is 0.0870. The van der Waals surface area contributed by atoms with Crippen LogP contribution in [0, 0.1) is 13.8 Å². The van der Waals surface area contributed by atoms with Gasteiger partial charge in [-0.25, -0.2) is 4.99 Å². The molecule has 27 heavy (non-hydrogen) atoms. The molecule has 4 heteroatoms. The Labute approximate surface area is 158 Å². The molecule has 3 aromatic rings. The summed E-state index contributed by atoms with van der Waals surface area (Å²) < 4.78 is 0. The summed E-state index contributed by atoms with van der Waals surface area (Å²) in [6, 6.07) is 19.7. The van der Waals surface area contributed by atoms with Crippen molar-refractivity contribution in [3.8, 4) is 0 Å². The normalized spacial score (nSPS) is 15.3. The topological polar surface area (TPSA) is 45.6 Å². The maximum absolute atomic E-state index is 13.2. The van der Waals surface area contributed by atoms with Gasteiger partial charge in [-0.15, -0.1) is 0 Å². The molecule has 4 rings (SSSR count). The number of aliphatic imine (C=N–C) groups is 1. The van der Waals surface area contributed by atoms with Gasteiger partial charge in [-0.1, -0.05) is 47.5 Å². The molecule has 0 aliphatic carbocycles. The number of carbonyl (C=O) groups excluding carboxylic acids is 1. The number of anilines is 1. The van der Waals surface area contributed by atoms with Gasteiger partial charge in [-0.05, 0) is 49.8 Å². The number of aromatic nitrogens is 1. The Morgan fingerprint density at radius 1 is 0.815 bits per heavy atom. The van der Waals surface area contributed by atoms with Gasteiger partial charge in [0.1, 0.15) is 11.5 Å². The number of benzene rings is 2. The standard InChI is InChI=1S/C23H19N3O/c1-16-3-7-19(8-4-16)22-25-21(15-18-11-13-24-14-12-18)23(27)26(22)20-9-5-17(2)6-10-20/h3-15H,1-2H3/b21-15+. The minimum Gasteiger partial charge on any atom is -0.266 e. The summed E-state index contributed by atoms with van der Waals surface area (Å²) >= 11 is 0. The largest absolute Gasteiger partial charge is 0.282 e. The third kappa shape index (κ3) is 3.42. The van der Waals surface area contributed by atoms with Crippen molar-refractivity contribution in [1.29, 1.82) is 0 Å². The van der Waals surface area contributed by atoms with Crippen molar-refractivity contribution in [2.75, 3.05) is 4.90 Å². The average molecular weight is 353 g/mol. The van der Waals surface area contributed by atoms with Crippen LogP contribution in [0.5, 0.6) is 0 Å². The number of amidine groups is 1. The predicted octanol–water partition coefficient (Wildman–Crippen LogP) is 4.53. The second-order valence-electron chi connectivity index (χ2n) is 6.59. The number of nitrogens with zero attached hydrogens (tertiary/aromatic N) is 3. The van der Waals surface area contributed by atoms with Crippen molar-refractivity contribution >= 4 is 23.5 Å². The Bertz CT molecular complexity index is 1030. The summed E-state index contributed by atoms with van der Waals surface area (Å²) in [6.45, 7) is 4.07. The number of amides is 1. The third-order valence-corrected chi connectivity index (χ3v) is 4.47. The Morgan fingerprint density at radius 2 is 1.41 bits per heavy atom.